The lowest BCUT2D eigenvalue weighted by atomic mass is 10.1. The monoisotopic (exact) mass is 555 g/mol. The fourth-order valence-corrected chi connectivity index (χ4v) is 5.32. The summed E-state index contributed by atoms with van der Waals surface area (Å²) in [5.74, 6) is 1.50. The Bertz CT molecular complexity index is 1480. The lowest BCUT2D eigenvalue weighted by molar-refractivity contribution is 0.0368. The number of nitrogens with one attached hydrogen (secondary N) is 1. The first kappa shape index (κ1) is 27.3. The van der Waals surface area contributed by atoms with Crippen molar-refractivity contribution in [3.05, 3.63) is 60.3 Å². The van der Waals surface area contributed by atoms with Gasteiger partial charge >= 0.3 is 0 Å². The molecule has 0 bridgehead atoms. The van der Waals surface area contributed by atoms with E-state index in [1.54, 1.807) is 0 Å². The molecular weight excluding hydrogens is 518 g/mol. The molecule has 1 N–H and O–H groups in total. The van der Waals surface area contributed by atoms with E-state index in [0.717, 1.165) is 86.8 Å². The molecule has 0 unspecified atom stereocenters. The maximum atomic E-state index is 12.1. The average molecular weight is 556 g/mol. The Morgan fingerprint density at radius 3 is 2.41 bits per heavy atom. The second-order valence-electron chi connectivity index (χ2n) is 10.5. The topological polar surface area (TPSA) is 97.6 Å². The molecule has 0 radical (unpaired) electrons. The van der Waals surface area contributed by atoms with Crippen LogP contribution < -0.4 is 10.2 Å². The summed E-state index contributed by atoms with van der Waals surface area (Å²) in [5.41, 5.74) is 4.53. The zero-order valence-corrected chi connectivity index (χ0v) is 23.6. The number of aromatic nitrogens is 4. The molecule has 41 heavy (non-hydrogen) atoms. The predicted molar refractivity (Wildman–Crippen MR) is 160 cm³/mol. The van der Waals surface area contributed by atoms with Gasteiger partial charge in [-0.05, 0) is 36.8 Å². The van der Waals surface area contributed by atoms with Crippen LogP contribution in [-0.2, 0) is 16.0 Å². The first-order chi connectivity index (χ1) is 20.2. The Morgan fingerprint density at radius 2 is 1.66 bits per heavy atom. The quantitative estimate of drug-likeness (QED) is 0.286. The number of ether oxygens (including phenoxy) is 2. The molecule has 6 rings (SSSR count). The first-order valence-electron chi connectivity index (χ1n) is 14.5. The predicted octanol–water partition coefficient (Wildman–Crippen LogP) is 4.39. The van der Waals surface area contributed by atoms with Crippen LogP contribution in [0.5, 0.6) is 0 Å². The standard InChI is InChI=1S/C31H37N7O3/c1-2-29(39)23-6-8-26(9-7-23)33-30-21-27(34-31(35-30)37-14-18-41-19-15-37)24-4-5-25-22-32-38(28(25)20-24)11-3-10-36-12-16-40-17-13-36/h4-9,20-22H,2-3,10-19H2,1H3,(H,33,34,35). The second kappa shape index (κ2) is 12.8. The maximum Gasteiger partial charge on any atom is 0.228 e. The summed E-state index contributed by atoms with van der Waals surface area (Å²) >= 11 is 0. The zero-order chi connectivity index (χ0) is 28.0. The molecule has 4 heterocycles. The molecule has 0 amide bonds. The molecule has 2 aliphatic heterocycles. The van der Waals surface area contributed by atoms with Gasteiger partial charge in [0.15, 0.2) is 5.78 Å². The Morgan fingerprint density at radius 1 is 0.902 bits per heavy atom. The number of ketones is 1. The van der Waals surface area contributed by atoms with Crippen molar-refractivity contribution in [1.82, 2.24) is 24.6 Å². The summed E-state index contributed by atoms with van der Waals surface area (Å²) in [6.45, 7) is 10.2. The van der Waals surface area contributed by atoms with Gasteiger partial charge in [-0.15, -0.1) is 0 Å². The van der Waals surface area contributed by atoms with Crippen LogP contribution in [0.15, 0.2) is 54.7 Å². The van der Waals surface area contributed by atoms with Crippen molar-refractivity contribution in [1.29, 1.82) is 0 Å². The van der Waals surface area contributed by atoms with Gasteiger partial charge in [0.2, 0.25) is 5.95 Å². The third kappa shape index (κ3) is 6.56. The van der Waals surface area contributed by atoms with E-state index in [9.17, 15) is 4.79 Å². The number of benzene rings is 2. The molecule has 2 aliphatic rings. The van der Waals surface area contributed by atoms with Crippen molar-refractivity contribution in [2.75, 3.05) is 69.4 Å². The van der Waals surface area contributed by atoms with E-state index in [2.05, 4.69) is 43.1 Å². The summed E-state index contributed by atoms with van der Waals surface area (Å²) in [5, 5.41) is 9.23. The van der Waals surface area contributed by atoms with Crippen molar-refractivity contribution >= 4 is 34.1 Å². The van der Waals surface area contributed by atoms with E-state index in [1.807, 2.05) is 43.5 Å². The molecular formula is C31H37N7O3. The number of nitrogens with zero attached hydrogens (tertiary/aromatic N) is 6. The number of hydrogen-bond donors (Lipinski definition) is 1. The summed E-state index contributed by atoms with van der Waals surface area (Å²) in [7, 11) is 0. The highest BCUT2D eigenvalue weighted by molar-refractivity contribution is 5.96. The Labute approximate surface area is 240 Å². The number of rotatable bonds is 10. The van der Waals surface area contributed by atoms with Gasteiger partial charge in [0.1, 0.15) is 5.82 Å². The highest BCUT2D eigenvalue weighted by Gasteiger charge is 2.18. The van der Waals surface area contributed by atoms with Gasteiger partial charge in [0.25, 0.3) is 0 Å². The number of carbonyl (C=O) groups excluding carboxylic acids is 1. The van der Waals surface area contributed by atoms with Gasteiger partial charge in [-0.1, -0.05) is 19.1 Å². The van der Waals surface area contributed by atoms with Crippen LogP contribution in [0.3, 0.4) is 0 Å². The molecule has 0 spiro atoms. The van der Waals surface area contributed by atoms with Crippen molar-refractivity contribution in [2.45, 2.75) is 26.3 Å². The van der Waals surface area contributed by atoms with Crippen LogP contribution >= 0.6 is 0 Å². The minimum atomic E-state index is 0.131. The first-order valence-corrected chi connectivity index (χ1v) is 14.5. The number of morpholine rings is 2. The highest BCUT2D eigenvalue weighted by Crippen LogP contribution is 2.28. The average Bonchev–Trinajstić information content (AvgIpc) is 3.44. The molecule has 0 aliphatic carbocycles. The molecule has 4 aromatic rings. The van der Waals surface area contributed by atoms with E-state index in [4.69, 9.17) is 19.4 Å². The van der Waals surface area contributed by atoms with Crippen LogP contribution in [0.1, 0.15) is 30.1 Å². The van der Waals surface area contributed by atoms with E-state index < -0.39 is 0 Å². The third-order valence-corrected chi connectivity index (χ3v) is 7.70. The van der Waals surface area contributed by atoms with E-state index in [0.29, 0.717) is 37.0 Å². The molecule has 0 saturated carbocycles. The second-order valence-corrected chi connectivity index (χ2v) is 10.5. The van der Waals surface area contributed by atoms with Crippen LogP contribution in [0.25, 0.3) is 22.2 Å². The lowest BCUT2D eigenvalue weighted by Gasteiger charge is -2.27. The van der Waals surface area contributed by atoms with Gasteiger partial charge in [-0.2, -0.15) is 10.1 Å². The van der Waals surface area contributed by atoms with E-state index in [-0.39, 0.29) is 5.78 Å². The summed E-state index contributed by atoms with van der Waals surface area (Å²) < 4.78 is 13.1. The fraction of sp³-hybridized carbons (Fsp3) is 0.419. The third-order valence-electron chi connectivity index (χ3n) is 7.70. The summed E-state index contributed by atoms with van der Waals surface area (Å²) in [6.07, 6.45) is 3.46. The molecule has 2 fully saturated rings. The number of carbonyl (C=O) groups is 1. The Kier molecular flexibility index (Phi) is 8.50. The number of aryl methyl sites for hydroxylation is 1. The maximum absolute atomic E-state index is 12.1. The number of anilines is 3. The van der Waals surface area contributed by atoms with Crippen molar-refractivity contribution in [3.8, 4) is 11.3 Å². The van der Waals surface area contributed by atoms with Crippen LogP contribution in [0.2, 0.25) is 0 Å². The molecule has 2 saturated heterocycles. The van der Waals surface area contributed by atoms with Crippen LogP contribution in [-0.4, -0.2) is 89.6 Å². The number of hydrogen-bond acceptors (Lipinski definition) is 9. The summed E-state index contributed by atoms with van der Waals surface area (Å²) in [6, 6.07) is 15.9. The van der Waals surface area contributed by atoms with Gasteiger partial charge in [0, 0.05) is 74.0 Å². The SMILES string of the molecule is CCC(=O)c1ccc(Nc2cc(-c3ccc4cnn(CCCN5CCOCC5)c4c3)nc(N3CCOCC3)n2)cc1. The molecule has 10 nitrogen and oxygen atoms in total. The Hall–Kier alpha value is -3.86. The highest BCUT2D eigenvalue weighted by atomic mass is 16.5. The molecule has 10 heteroatoms. The van der Waals surface area contributed by atoms with Crippen molar-refractivity contribution < 1.29 is 14.3 Å². The molecule has 0 atom stereocenters. The van der Waals surface area contributed by atoms with Crippen LogP contribution in [0.4, 0.5) is 17.5 Å². The van der Waals surface area contributed by atoms with E-state index >= 15 is 0 Å². The molecule has 2 aromatic heterocycles. The van der Waals surface area contributed by atoms with Gasteiger partial charge in [0.05, 0.1) is 43.8 Å². The number of fused-ring (bicyclic) bond motifs is 1. The van der Waals surface area contributed by atoms with E-state index in [1.165, 1.54) is 0 Å². The van der Waals surface area contributed by atoms with Gasteiger partial charge in [-0.3, -0.25) is 14.4 Å². The zero-order valence-electron chi connectivity index (χ0n) is 23.6. The summed E-state index contributed by atoms with van der Waals surface area (Å²) in [4.78, 5) is 26.5. The minimum Gasteiger partial charge on any atom is -0.379 e. The minimum absolute atomic E-state index is 0.131. The van der Waals surface area contributed by atoms with Gasteiger partial charge in [-0.25, -0.2) is 4.98 Å². The Balaban J connectivity index is 1.27. The largest absolute Gasteiger partial charge is 0.379 e. The van der Waals surface area contributed by atoms with Crippen molar-refractivity contribution in [3.63, 3.8) is 0 Å². The molecule has 214 valence electrons. The van der Waals surface area contributed by atoms with Gasteiger partial charge < -0.3 is 19.7 Å². The van der Waals surface area contributed by atoms with Crippen molar-refractivity contribution in [2.24, 2.45) is 0 Å². The number of Topliss-reactive ketones (excluding diaryl/α,β-unsaturated/α-hetero) is 1. The lowest BCUT2D eigenvalue weighted by Crippen LogP contribution is -2.37. The van der Waals surface area contributed by atoms with Crippen LogP contribution in [0, 0.1) is 0 Å². The smallest absolute Gasteiger partial charge is 0.228 e. The normalized spacial score (nSPS) is 16.3. The fourth-order valence-electron chi connectivity index (χ4n) is 5.32. The molecule has 2 aromatic carbocycles.